The molecule has 1 aromatic heterocycles. The molecule has 0 saturated carbocycles. The minimum absolute atomic E-state index is 0.0266. The van der Waals surface area contributed by atoms with Gasteiger partial charge >= 0.3 is 0 Å². The van der Waals surface area contributed by atoms with E-state index in [2.05, 4.69) is 10.4 Å². The molecule has 0 fully saturated rings. The Morgan fingerprint density at radius 3 is 2.36 bits per heavy atom. The minimum atomic E-state index is -4.05. The number of carbonyl (C=O) groups is 1. The molecule has 1 N–H and O–H groups in total. The summed E-state index contributed by atoms with van der Waals surface area (Å²) in [5.74, 6) is -0.00947. The van der Waals surface area contributed by atoms with Gasteiger partial charge in [-0.1, -0.05) is 61.3 Å². The van der Waals surface area contributed by atoms with Crippen LogP contribution in [0.15, 0.2) is 77.0 Å². The number of hydrogen-bond acceptors (Lipinski definition) is 5. The third-order valence-corrected chi connectivity index (χ3v) is 7.58. The Hall–Kier alpha value is -2.81. The van der Waals surface area contributed by atoms with Crippen LogP contribution in [0.5, 0.6) is 0 Å². The molecular weight excluding hydrogens is 483 g/mol. The Bertz CT molecular complexity index is 1300. The van der Waals surface area contributed by atoms with Gasteiger partial charge < -0.3 is 5.32 Å². The molecule has 0 spiro atoms. The molecule has 1 amide bonds. The van der Waals surface area contributed by atoms with Crippen LogP contribution in [0.3, 0.4) is 0 Å². The summed E-state index contributed by atoms with van der Waals surface area (Å²) in [6.45, 7) is 5.72. The first-order valence-electron chi connectivity index (χ1n) is 10.3. The lowest BCUT2D eigenvalue weighted by Crippen LogP contribution is -2.39. The molecule has 1 atom stereocenters. The van der Waals surface area contributed by atoms with Crippen molar-refractivity contribution in [3.05, 3.63) is 87.7 Å². The van der Waals surface area contributed by atoms with Gasteiger partial charge in [0.15, 0.2) is 0 Å². The van der Waals surface area contributed by atoms with Gasteiger partial charge in [0.05, 0.1) is 26.7 Å². The highest BCUT2D eigenvalue weighted by Crippen LogP contribution is 2.38. The van der Waals surface area contributed by atoms with Crippen molar-refractivity contribution >= 4 is 45.0 Å². The van der Waals surface area contributed by atoms with Gasteiger partial charge in [-0.25, -0.2) is 17.4 Å². The molecule has 174 valence electrons. The summed E-state index contributed by atoms with van der Waals surface area (Å²) in [6, 6.07) is 13.9. The number of allylic oxidation sites excluding steroid dienone is 1. The van der Waals surface area contributed by atoms with Gasteiger partial charge in [0.1, 0.15) is 11.9 Å². The van der Waals surface area contributed by atoms with E-state index in [1.165, 1.54) is 19.2 Å². The van der Waals surface area contributed by atoms with E-state index >= 15 is 0 Å². The lowest BCUT2D eigenvalue weighted by Gasteiger charge is -2.31. The van der Waals surface area contributed by atoms with Crippen molar-refractivity contribution in [2.75, 3.05) is 12.4 Å². The number of likely N-dealkylation sites (N-methyl/N-ethyl adjacent to an activating group) is 1. The zero-order valence-electron chi connectivity index (χ0n) is 18.6. The third-order valence-electron chi connectivity index (χ3n) is 5.09. The number of anilines is 1. The summed E-state index contributed by atoms with van der Waals surface area (Å²) in [4.78, 5) is 13.6. The molecular formula is C23H24Cl2N4O3S. The molecule has 4 rings (SSSR count). The van der Waals surface area contributed by atoms with Crippen LogP contribution in [-0.2, 0) is 14.8 Å². The van der Waals surface area contributed by atoms with E-state index in [0.29, 0.717) is 27.1 Å². The molecule has 2 heterocycles. The number of nitrogens with one attached hydrogen (secondary N) is 1. The SMILES string of the molecule is CC.CC1=C(C(=O)N(C)S(=O)(=O)c2ccccc2)C(c2ccc(Cl)c(Cl)c2)n2nccc2N1. The van der Waals surface area contributed by atoms with Crippen molar-refractivity contribution in [2.45, 2.75) is 31.7 Å². The summed E-state index contributed by atoms with van der Waals surface area (Å²) < 4.78 is 28.5. The Balaban J connectivity index is 0.00000149. The topological polar surface area (TPSA) is 84.3 Å². The van der Waals surface area contributed by atoms with Crippen molar-refractivity contribution in [1.29, 1.82) is 0 Å². The smallest absolute Gasteiger partial charge is 0.267 e. The molecule has 1 aliphatic heterocycles. The standard InChI is InChI=1S/C21H18Cl2N4O3S.C2H6/c1-13-19(21(28)26(2)31(29,30)15-6-4-3-5-7-15)20(27-18(25-13)10-11-24-27)14-8-9-16(22)17(23)12-14;1-2/h3-12,20,25H,1-2H3;1-2H3. The first kappa shape index (κ1) is 24.8. The highest BCUT2D eigenvalue weighted by molar-refractivity contribution is 7.89. The van der Waals surface area contributed by atoms with Gasteiger partial charge in [0, 0.05) is 18.8 Å². The van der Waals surface area contributed by atoms with Crippen molar-refractivity contribution in [1.82, 2.24) is 14.1 Å². The largest absolute Gasteiger partial charge is 0.344 e. The lowest BCUT2D eigenvalue weighted by atomic mass is 9.95. The molecule has 1 aliphatic rings. The number of benzene rings is 2. The summed E-state index contributed by atoms with van der Waals surface area (Å²) in [5, 5.41) is 8.15. The summed E-state index contributed by atoms with van der Waals surface area (Å²) >= 11 is 12.3. The molecule has 0 radical (unpaired) electrons. The van der Waals surface area contributed by atoms with Gasteiger partial charge in [-0.2, -0.15) is 5.10 Å². The van der Waals surface area contributed by atoms with E-state index in [9.17, 15) is 13.2 Å². The number of rotatable bonds is 4. The fourth-order valence-electron chi connectivity index (χ4n) is 3.50. The second kappa shape index (κ2) is 9.99. The molecule has 7 nitrogen and oxygen atoms in total. The van der Waals surface area contributed by atoms with E-state index < -0.39 is 22.0 Å². The second-order valence-electron chi connectivity index (χ2n) is 6.99. The zero-order chi connectivity index (χ0) is 24.3. The van der Waals surface area contributed by atoms with Gasteiger partial charge in [0.25, 0.3) is 15.9 Å². The number of sulfonamides is 1. The number of carbonyl (C=O) groups excluding carboxylic acids is 1. The van der Waals surface area contributed by atoms with Crippen LogP contribution in [-0.4, -0.2) is 35.5 Å². The van der Waals surface area contributed by atoms with E-state index in [1.54, 1.807) is 60.3 Å². The average Bonchev–Trinajstić information content (AvgIpc) is 3.29. The Morgan fingerprint density at radius 2 is 1.73 bits per heavy atom. The number of fused-ring (bicyclic) bond motifs is 1. The van der Waals surface area contributed by atoms with Crippen LogP contribution in [0, 0.1) is 0 Å². The molecule has 0 saturated heterocycles. The molecule has 2 aromatic carbocycles. The maximum atomic E-state index is 13.5. The van der Waals surface area contributed by atoms with Crippen LogP contribution < -0.4 is 5.32 Å². The first-order valence-corrected chi connectivity index (χ1v) is 12.5. The van der Waals surface area contributed by atoms with Gasteiger partial charge in [-0.05, 0) is 36.8 Å². The summed E-state index contributed by atoms with van der Waals surface area (Å²) in [7, 11) is -2.80. The molecule has 0 aliphatic carbocycles. The van der Waals surface area contributed by atoms with Gasteiger partial charge in [0.2, 0.25) is 0 Å². The van der Waals surface area contributed by atoms with Crippen molar-refractivity contribution in [2.24, 2.45) is 0 Å². The van der Waals surface area contributed by atoms with Crippen molar-refractivity contribution in [3.8, 4) is 0 Å². The fourth-order valence-corrected chi connectivity index (χ4v) is 4.94. The number of hydrogen-bond donors (Lipinski definition) is 1. The van der Waals surface area contributed by atoms with Crippen LogP contribution in [0.2, 0.25) is 10.0 Å². The quantitative estimate of drug-likeness (QED) is 0.515. The number of aromatic nitrogens is 2. The molecule has 0 bridgehead atoms. The third kappa shape index (κ3) is 4.64. The van der Waals surface area contributed by atoms with E-state index in [0.717, 1.165) is 4.31 Å². The zero-order valence-corrected chi connectivity index (χ0v) is 20.9. The van der Waals surface area contributed by atoms with Gasteiger partial charge in [-0.3, -0.25) is 4.79 Å². The predicted octanol–water partition coefficient (Wildman–Crippen LogP) is 5.35. The average molecular weight is 507 g/mol. The Morgan fingerprint density at radius 1 is 1.06 bits per heavy atom. The van der Waals surface area contributed by atoms with E-state index in [4.69, 9.17) is 23.2 Å². The number of nitrogens with zero attached hydrogens (tertiary/aromatic N) is 3. The molecule has 3 aromatic rings. The molecule has 1 unspecified atom stereocenters. The van der Waals surface area contributed by atoms with Crippen molar-refractivity contribution in [3.63, 3.8) is 0 Å². The first-order chi connectivity index (χ1) is 15.7. The maximum absolute atomic E-state index is 13.5. The monoisotopic (exact) mass is 506 g/mol. The Kier molecular flexibility index (Phi) is 7.51. The minimum Gasteiger partial charge on any atom is -0.344 e. The number of amides is 1. The Labute approximate surface area is 203 Å². The molecule has 33 heavy (non-hydrogen) atoms. The lowest BCUT2D eigenvalue weighted by molar-refractivity contribution is -0.122. The molecule has 10 heteroatoms. The highest BCUT2D eigenvalue weighted by atomic mass is 35.5. The van der Waals surface area contributed by atoms with E-state index in [-0.39, 0.29) is 10.5 Å². The van der Waals surface area contributed by atoms with Gasteiger partial charge in [-0.15, -0.1) is 0 Å². The number of halogens is 2. The summed E-state index contributed by atoms with van der Waals surface area (Å²) in [5.41, 5.74) is 1.40. The summed E-state index contributed by atoms with van der Waals surface area (Å²) in [6.07, 6.45) is 1.60. The van der Waals surface area contributed by atoms with Crippen molar-refractivity contribution < 1.29 is 13.2 Å². The van der Waals surface area contributed by atoms with Crippen LogP contribution in [0.1, 0.15) is 32.4 Å². The fraction of sp³-hybridized carbons (Fsp3) is 0.217. The second-order valence-corrected chi connectivity index (χ2v) is 9.78. The van der Waals surface area contributed by atoms with Crippen LogP contribution >= 0.6 is 23.2 Å². The normalized spacial score (nSPS) is 15.2. The van der Waals surface area contributed by atoms with Crippen LogP contribution in [0.4, 0.5) is 5.82 Å². The van der Waals surface area contributed by atoms with E-state index in [1.807, 2.05) is 13.8 Å². The maximum Gasteiger partial charge on any atom is 0.267 e. The predicted molar refractivity (Wildman–Crippen MR) is 131 cm³/mol. The highest BCUT2D eigenvalue weighted by Gasteiger charge is 2.37. The van der Waals surface area contributed by atoms with Crippen LogP contribution in [0.25, 0.3) is 0 Å².